The number of hydrogen-bond donors (Lipinski definition) is 3. The summed E-state index contributed by atoms with van der Waals surface area (Å²) in [7, 11) is 0. The molecular weight excluding hydrogens is 616 g/mol. The van der Waals surface area contributed by atoms with Crippen LogP contribution in [0.3, 0.4) is 0 Å². The lowest BCUT2D eigenvalue weighted by Gasteiger charge is -2.16. The number of aliphatic hydroxyl groups is 3. The third-order valence-corrected chi connectivity index (χ3v) is 8.83. The molecule has 3 N–H and O–H groups in total. The van der Waals surface area contributed by atoms with Crippen molar-refractivity contribution in [3.05, 3.63) is 36.5 Å². The Bertz CT molecular complexity index is 822. The number of ether oxygens (including phenoxy) is 2. The third kappa shape index (κ3) is 35.7. The average Bonchev–Trinajstić information content (AvgIpc) is 3.09. The fourth-order valence-electron chi connectivity index (χ4n) is 5.60. The highest BCUT2D eigenvalue weighted by Crippen LogP contribution is 2.14. The summed E-state index contributed by atoms with van der Waals surface area (Å²) >= 11 is 0. The molecule has 49 heavy (non-hydrogen) atoms. The monoisotopic (exact) mass is 693 g/mol. The van der Waals surface area contributed by atoms with E-state index in [9.17, 15) is 24.9 Å². The molecule has 3 atom stereocenters. The first kappa shape index (κ1) is 47.0. The van der Waals surface area contributed by atoms with Crippen molar-refractivity contribution >= 4 is 11.9 Å². The minimum absolute atomic E-state index is 0.0726. The maximum atomic E-state index is 12.0. The fourth-order valence-corrected chi connectivity index (χ4v) is 5.60. The van der Waals surface area contributed by atoms with Gasteiger partial charge in [0.1, 0.15) is 19.3 Å². The van der Waals surface area contributed by atoms with Gasteiger partial charge in [-0.2, -0.15) is 0 Å². The largest absolute Gasteiger partial charge is 0.463 e. The summed E-state index contributed by atoms with van der Waals surface area (Å²) < 4.78 is 10.2. The molecule has 0 amide bonds. The molecule has 2 unspecified atom stereocenters. The van der Waals surface area contributed by atoms with Crippen LogP contribution in [0.4, 0.5) is 0 Å². The summed E-state index contributed by atoms with van der Waals surface area (Å²) in [4.78, 5) is 24.0. The lowest BCUT2D eigenvalue weighted by molar-refractivity contribution is -0.152. The van der Waals surface area contributed by atoms with Crippen LogP contribution >= 0.6 is 0 Å². The summed E-state index contributed by atoms with van der Waals surface area (Å²) in [5.74, 6) is -0.835. The van der Waals surface area contributed by atoms with Crippen LogP contribution in [0.2, 0.25) is 0 Å². The van der Waals surface area contributed by atoms with Crippen molar-refractivity contribution in [1.29, 1.82) is 0 Å². The quantitative estimate of drug-likeness (QED) is 0.0340. The summed E-state index contributed by atoms with van der Waals surface area (Å²) in [5, 5.41) is 30.4. The number of unbranched alkanes of at least 4 members (excludes halogenated alkanes) is 18. The van der Waals surface area contributed by atoms with Gasteiger partial charge in [-0.25, -0.2) is 0 Å². The Morgan fingerprint density at radius 1 is 0.490 bits per heavy atom. The second kappa shape index (κ2) is 37.3. The molecule has 0 aliphatic carbocycles. The zero-order chi connectivity index (χ0) is 36.0. The van der Waals surface area contributed by atoms with Crippen LogP contribution in [0.15, 0.2) is 36.5 Å². The van der Waals surface area contributed by atoms with Gasteiger partial charge in [0.05, 0.1) is 12.2 Å². The zero-order valence-electron chi connectivity index (χ0n) is 31.7. The third-order valence-electron chi connectivity index (χ3n) is 8.83. The van der Waals surface area contributed by atoms with Gasteiger partial charge in [-0.05, 0) is 51.4 Å². The molecule has 0 aromatic carbocycles. The average molecular weight is 693 g/mol. The standard InChI is InChI=1S/C42H76O7/c1-3-5-7-9-11-13-15-17-18-19-20-22-24-26-28-30-34-41(46)48-36-38(43)37-49-42(47)35-31-33-40(45)39(44)32-29-27-25-23-21-16-14-12-10-8-6-4-2/h12,14,21,23,27,29,38-40,43-45H,3-11,13,15-20,22,24-26,28,30-37H2,1-2H3/b14-12-,23-21-,29-27-/t38-,39?,40?/m1/s1. The van der Waals surface area contributed by atoms with Crippen molar-refractivity contribution in [1.82, 2.24) is 0 Å². The van der Waals surface area contributed by atoms with Gasteiger partial charge in [0.25, 0.3) is 0 Å². The normalized spacial score (nSPS) is 13.8. The number of aliphatic hydroxyl groups excluding tert-OH is 3. The van der Waals surface area contributed by atoms with Crippen molar-refractivity contribution in [3.63, 3.8) is 0 Å². The Kier molecular flexibility index (Phi) is 35.8. The van der Waals surface area contributed by atoms with Crippen LogP contribution in [-0.2, 0) is 19.1 Å². The summed E-state index contributed by atoms with van der Waals surface area (Å²) in [6, 6.07) is 0. The van der Waals surface area contributed by atoms with E-state index in [4.69, 9.17) is 9.47 Å². The highest BCUT2D eigenvalue weighted by atomic mass is 16.6. The molecule has 0 aromatic rings. The molecule has 7 heteroatoms. The first-order valence-corrected chi connectivity index (χ1v) is 20.2. The Labute approximate surface area is 301 Å². The maximum Gasteiger partial charge on any atom is 0.305 e. The molecule has 0 heterocycles. The highest BCUT2D eigenvalue weighted by Gasteiger charge is 2.16. The first-order chi connectivity index (χ1) is 23.9. The van der Waals surface area contributed by atoms with Crippen molar-refractivity contribution in [2.45, 2.75) is 206 Å². The molecule has 7 nitrogen and oxygen atoms in total. The SMILES string of the molecule is CCCCC/C=C\C/C=C\C/C=C\CC(O)C(O)CCCC(=O)OC[C@H](O)COC(=O)CCCCCCCCCCCCCCCCCC. The van der Waals surface area contributed by atoms with Crippen LogP contribution in [0.1, 0.15) is 187 Å². The van der Waals surface area contributed by atoms with Gasteiger partial charge in [0, 0.05) is 12.8 Å². The molecule has 0 rings (SSSR count). The van der Waals surface area contributed by atoms with E-state index in [1.807, 2.05) is 12.2 Å². The van der Waals surface area contributed by atoms with Gasteiger partial charge in [-0.3, -0.25) is 9.59 Å². The molecule has 286 valence electrons. The predicted molar refractivity (Wildman–Crippen MR) is 203 cm³/mol. The number of carbonyl (C=O) groups excluding carboxylic acids is 2. The predicted octanol–water partition coefficient (Wildman–Crippen LogP) is 10.4. The van der Waals surface area contributed by atoms with Crippen LogP contribution in [-0.4, -0.2) is 58.8 Å². The van der Waals surface area contributed by atoms with Gasteiger partial charge < -0.3 is 24.8 Å². The van der Waals surface area contributed by atoms with Gasteiger partial charge in [-0.15, -0.1) is 0 Å². The van der Waals surface area contributed by atoms with Gasteiger partial charge in [-0.1, -0.05) is 159 Å². The molecule has 0 spiro atoms. The van der Waals surface area contributed by atoms with Crippen LogP contribution in [0.5, 0.6) is 0 Å². The van der Waals surface area contributed by atoms with E-state index in [0.29, 0.717) is 19.3 Å². The minimum atomic E-state index is -1.07. The van der Waals surface area contributed by atoms with E-state index in [2.05, 4.69) is 38.2 Å². The molecule has 0 fully saturated rings. The Balaban J connectivity index is 3.66. The van der Waals surface area contributed by atoms with Crippen molar-refractivity contribution < 1.29 is 34.4 Å². The van der Waals surface area contributed by atoms with Crippen molar-refractivity contribution in [2.24, 2.45) is 0 Å². The Morgan fingerprint density at radius 2 is 0.898 bits per heavy atom. The van der Waals surface area contributed by atoms with Gasteiger partial charge in [0.15, 0.2) is 0 Å². The summed E-state index contributed by atoms with van der Waals surface area (Å²) in [6.45, 7) is 4.03. The summed E-state index contributed by atoms with van der Waals surface area (Å²) in [6.07, 6.45) is 38.1. The van der Waals surface area contributed by atoms with Crippen LogP contribution in [0, 0.1) is 0 Å². The first-order valence-electron chi connectivity index (χ1n) is 20.2. The van der Waals surface area contributed by atoms with Crippen molar-refractivity contribution in [2.75, 3.05) is 13.2 Å². The van der Waals surface area contributed by atoms with E-state index in [0.717, 1.165) is 38.5 Å². The minimum Gasteiger partial charge on any atom is -0.463 e. The lowest BCUT2D eigenvalue weighted by atomic mass is 10.0. The van der Waals surface area contributed by atoms with E-state index in [1.165, 1.54) is 103 Å². The molecular formula is C42H76O7. The molecule has 0 aliphatic rings. The molecule has 0 saturated carbocycles. The second-order valence-corrected chi connectivity index (χ2v) is 13.7. The van der Waals surface area contributed by atoms with Crippen molar-refractivity contribution in [3.8, 4) is 0 Å². The molecule has 0 aromatic heterocycles. The topological polar surface area (TPSA) is 113 Å². The lowest BCUT2D eigenvalue weighted by Crippen LogP contribution is -2.26. The second-order valence-electron chi connectivity index (χ2n) is 13.7. The summed E-state index contributed by atoms with van der Waals surface area (Å²) in [5.41, 5.74) is 0. The maximum absolute atomic E-state index is 12.0. The van der Waals surface area contributed by atoms with Crippen LogP contribution < -0.4 is 0 Å². The highest BCUT2D eigenvalue weighted by molar-refractivity contribution is 5.69. The number of esters is 2. The number of carbonyl (C=O) groups is 2. The van der Waals surface area contributed by atoms with E-state index < -0.39 is 24.3 Å². The molecule has 0 saturated heterocycles. The Morgan fingerprint density at radius 3 is 1.41 bits per heavy atom. The Hall–Kier alpha value is -1.96. The fraction of sp³-hybridized carbons (Fsp3) is 0.810. The number of rotatable bonds is 36. The molecule has 0 radical (unpaired) electrons. The van der Waals surface area contributed by atoms with Gasteiger partial charge >= 0.3 is 11.9 Å². The zero-order valence-corrected chi connectivity index (χ0v) is 31.7. The molecule has 0 bridgehead atoms. The van der Waals surface area contributed by atoms with Crippen LogP contribution in [0.25, 0.3) is 0 Å². The van der Waals surface area contributed by atoms with E-state index in [1.54, 1.807) is 0 Å². The smallest absolute Gasteiger partial charge is 0.305 e. The number of allylic oxidation sites excluding steroid dienone is 5. The molecule has 0 aliphatic heterocycles. The van der Waals surface area contributed by atoms with E-state index in [-0.39, 0.29) is 32.0 Å². The van der Waals surface area contributed by atoms with Gasteiger partial charge in [0.2, 0.25) is 0 Å². The number of hydrogen-bond acceptors (Lipinski definition) is 7. The van der Waals surface area contributed by atoms with E-state index >= 15 is 0 Å².